The number of benzene rings is 1. The SMILES string of the molecule is CCC(CC)CN1C(=O)C(=CC(=O)OC(C)(C)C)c2cccc(F)c21. The van der Waals surface area contributed by atoms with Gasteiger partial charge in [0.2, 0.25) is 0 Å². The average molecular weight is 347 g/mol. The smallest absolute Gasteiger partial charge is 0.332 e. The predicted molar refractivity (Wildman–Crippen MR) is 96.6 cm³/mol. The van der Waals surface area contributed by atoms with Crippen molar-refractivity contribution >= 4 is 23.1 Å². The summed E-state index contributed by atoms with van der Waals surface area (Å²) in [6, 6.07) is 4.55. The van der Waals surface area contributed by atoms with Crippen molar-refractivity contribution in [1.82, 2.24) is 0 Å². The molecule has 1 aliphatic heterocycles. The van der Waals surface area contributed by atoms with Crippen LogP contribution in [0.3, 0.4) is 0 Å². The van der Waals surface area contributed by atoms with Gasteiger partial charge < -0.3 is 9.64 Å². The molecular weight excluding hydrogens is 321 g/mol. The van der Waals surface area contributed by atoms with Gasteiger partial charge in [-0.3, -0.25) is 4.79 Å². The van der Waals surface area contributed by atoms with Crippen LogP contribution in [-0.4, -0.2) is 24.0 Å². The number of anilines is 1. The lowest BCUT2D eigenvalue weighted by Gasteiger charge is -2.23. The largest absolute Gasteiger partial charge is 0.457 e. The van der Waals surface area contributed by atoms with E-state index in [1.165, 1.54) is 17.0 Å². The molecule has 0 aliphatic carbocycles. The van der Waals surface area contributed by atoms with Gasteiger partial charge in [0.25, 0.3) is 5.91 Å². The fraction of sp³-hybridized carbons (Fsp3) is 0.500. The maximum absolute atomic E-state index is 14.4. The van der Waals surface area contributed by atoms with E-state index in [0.29, 0.717) is 12.1 Å². The zero-order valence-electron chi connectivity index (χ0n) is 15.6. The van der Waals surface area contributed by atoms with Crippen molar-refractivity contribution < 1.29 is 18.7 Å². The lowest BCUT2D eigenvalue weighted by Crippen LogP contribution is -2.32. The first-order valence-electron chi connectivity index (χ1n) is 8.73. The van der Waals surface area contributed by atoms with Crippen LogP contribution in [-0.2, 0) is 14.3 Å². The van der Waals surface area contributed by atoms with E-state index >= 15 is 0 Å². The normalized spacial score (nSPS) is 15.9. The van der Waals surface area contributed by atoms with Crippen molar-refractivity contribution in [3.8, 4) is 0 Å². The molecule has 0 fully saturated rings. The van der Waals surface area contributed by atoms with E-state index in [9.17, 15) is 14.0 Å². The summed E-state index contributed by atoms with van der Waals surface area (Å²) in [7, 11) is 0. The Morgan fingerprint density at radius 1 is 1.28 bits per heavy atom. The minimum atomic E-state index is -0.657. The molecule has 0 saturated heterocycles. The van der Waals surface area contributed by atoms with E-state index in [1.54, 1.807) is 32.9 Å². The van der Waals surface area contributed by atoms with Gasteiger partial charge in [-0.05, 0) is 32.8 Å². The second-order valence-electron chi connectivity index (χ2n) is 7.33. The summed E-state index contributed by atoms with van der Waals surface area (Å²) in [6.45, 7) is 9.81. The summed E-state index contributed by atoms with van der Waals surface area (Å²) in [4.78, 5) is 26.5. The number of para-hydroxylation sites is 1. The Kier molecular flexibility index (Phi) is 5.65. The van der Waals surface area contributed by atoms with E-state index in [0.717, 1.165) is 12.8 Å². The number of hydrogen-bond acceptors (Lipinski definition) is 3. The number of nitrogens with zero attached hydrogens (tertiary/aromatic N) is 1. The maximum atomic E-state index is 14.4. The summed E-state index contributed by atoms with van der Waals surface area (Å²) in [6.07, 6.45) is 2.98. The van der Waals surface area contributed by atoms with Crippen LogP contribution in [0.5, 0.6) is 0 Å². The Labute approximate surface area is 148 Å². The molecule has 0 spiro atoms. The Morgan fingerprint density at radius 2 is 1.92 bits per heavy atom. The van der Waals surface area contributed by atoms with Gasteiger partial charge in [0.15, 0.2) is 0 Å². The molecule has 1 aliphatic rings. The van der Waals surface area contributed by atoms with Crippen molar-refractivity contribution in [1.29, 1.82) is 0 Å². The van der Waals surface area contributed by atoms with Gasteiger partial charge >= 0.3 is 5.97 Å². The molecule has 0 N–H and O–H groups in total. The van der Waals surface area contributed by atoms with Gasteiger partial charge in [-0.2, -0.15) is 0 Å². The van der Waals surface area contributed by atoms with Crippen LogP contribution < -0.4 is 4.90 Å². The molecule has 0 unspecified atom stereocenters. The summed E-state index contributed by atoms with van der Waals surface area (Å²) < 4.78 is 19.7. The lowest BCUT2D eigenvalue weighted by molar-refractivity contribution is -0.148. The van der Waals surface area contributed by atoms with Crippen LogP contribution >= 0.6 is 0 Å². The number of carbonyl (C=O) groups excluding carboxylic acids is 2. The quantitative estimate of drug-likeness (QED) is 0.588. The van der Waals surface area contributed by atoms with Gasteiger partial charge in [0.1, 0.15) is 11.4 Å². The number of fused-ring (bicyclic) bond motifs is 1. The van der Waals surface area contributed by atoms with Gasteiger partial charge in [0.05, 0.1) is 11.3 Å². The minimum absolute atomic E-state index is 0.190. The van der Waals surface area contributed by atoms with E-state index in [2.05, 4.69) is 13.8 Å². The van der Waals surface area contributed by atoms with Gasteiger partial charge in [0, 0.05) is 18.2 Å². The third-order valence-electron chi connectivity index (χ3n) is 4.29. The molecule has 1 aromatic rings. The number of ether oxygens (including phenoxy) is 1. The molecule has 0 aromatic heterocycles. The number of halogens is 1. The van der Waals surface area contributed by atoms with E-state index in [4.69, 9.17) is 4.74 Å². The average Bonchev–Trinajstić information content (AvgIpc) is 2.77. The highest BCUT2D eigenvalue weighted by Crippen LogP contribution is 2.39. The van der Waals surface area contributed by atoms with Crippen LogP contribution in [0.15, 0.2) is 24.3 Å². The van der Waals surface area contributed by atoms with Crippen molar-refractivity contribution in [2.24, 2.45) is 5.92 Å². The standard InChI is InChI=1S/C20H26FNO3/c1-6-13(7-2)12-22-18-14(9-8-10-16(18)21)15(19(22)24)11-17(23)25-20(3,4)5/h8-11,13H,6-7,12H2,1-5H3. The number of carbonyl (C=O) groups is 2. The number of amides is 1. The summed E-state index contributed by atoms with van der Waals surface area (Å²) in [5, 5.41) is 0. The van der Waals surface area contributed by atoms with Gasteiger partial charge in [-0.25, -0.2) is 9.18 Å². The van der Waals surface area contributed by atoms with Crippen molar-refractivity contribution in [3.63, 3.8) is 0 Å². The molecule has 1 amide bonds. The third kappa shape index (κ3) is 4.27. The van der Waals surface area contributed by atoms with E-state index < -0.39 is 17.4 Å². The zero-order valence-corrected chi connectivity index (χ0v) is 15.6. The lowest BCUT2D eigenvalue weighted by atomic mass is 10.0. The van der Waals surface area contributed by atoms with Crippen LogP contribution in [0, 0.1) is 11.7 Å². The molecule has 0 atom stereocenters. The molecule has 136 valence electrons. The van der Waals surface area contributed by atoms with Crippen molar-refractivity contribution in [2.45, 2.75) is 53.1 Å². The summed E-state index contributed by atoms with van der Waals surface area (Å²) >= 11 is 0. The second-order valence-corrected chi connectivity index (χ2v) is 7.33. The Hall–Kier alpha value is -2.17. The molecule has 1 aromatic carbocycles. The number of esters is 1. The maximum Gasteiger partial charge on any atom is 0.332 e. The van der Waals surface area contributed by atoms with E-state index in [1.807, 2.05) is 0 Å². The Balaban J connectivity index is 2.43. The first-order chi connectivity index (χ1) is 11.7. The molecule has 0 radical (unpaired) electrons. The highest BCUT2D eigenvalue weighted by Gasteiger charge is 2.36. The predicted octanol–water partition coefficient (Wildman–Crippen LogP) is 4.33. The molecule has 4 nitrogen and oxygen atoms in total. The monoisotopic (exact) mass is 347 g/mol. The van der Waals surface area contributed by atoms with Crippen LogP contribution in [0.4, 0.5) is 10.1 Å². The summed E-state index contributed by atoms with van der Waals surface area (Å²) in [5.41, 5.74) is 0.237. The topological polar surface area (TPSA) is 46.6 Å². The van der Waals surface area contributed by atoms with Gasteiger partial charge in [-0.15, -0.1) is 0 Å². The fourth-order valence-electron chi connectivity index (χ4n) is 2.94. The summed E-state index contributed by atoms with van der Waals surface area (Å²) in [5.74, 6) is -1.13. The molecule has 0 saturated carbocycles. The first kappa shape index (κ1) is 19.2. The highest BCUT2D eigenvalue weighted by molar-refractivity contribution is 6.34. The third-order valence-corrected chi connectivity index (χ3v) is 4.29. The first-order valence-corrected chi connectivity index (χ1v) is 8.73. The molecule has 1 heterocycles. The van der Waals surface area contributed by atoms with Gasteiger partial charge in [-0.1, -0.05) is 38.8 Å². The molecule has 5 heteroatoms. The highest BCUT2D eigenvalue weighted by atomic mass is 19.1. The number of rotatable bonds is 5. The van der Waals surface area contributed by atoms with Crippen LogP contribution in [0.2, 0.25) is 0 Å². The van der Waals surface area contributed by atoms with Crippen LogP contribution in [0.25, 0.3) is 5.57 Å². The van der Waals surface area contributed by atoms with Crippen molar-refractivity contribution in [2.75, 3.05) is 11.4 Å². The van der Waals surface area contributed by atoms with E-state index in [-0.39, 0.29) is 23.1 Å². The van der Waals surface area contributed by atoms with Crippen molar-refractivity contribution in [3.05, 3.63) is 35.7 Å². The zero-order chi connectivity index (χ0) is 18.8. The molecule has 25 heavy (non-hydrogen) atoms. The van der Waals surface area contributed by atoms with Crippen LogP contribution in [0.1, 0.15) is 53.0 Å². The fourth-order valence-corrected chi connectivity index (χ4v) is 2.94. The molecule has 0 bridgehead atoms. The second kappa shape index (κ2) is 7.38. The minimum Gasteiger partial charge on any atom is -0.457 e. The number of hydrogen-bond donors (Lipinski definition) is 0. The molecular formula is C20H26FNO3. The molecule has 2 rings (SSSR count). The Morgan fingerprint density at radius 3 is 2.48 bits per heavy atom. The Bertz CT molecular complexity index is 699.